The Labute approximate surface area is 138 Å². The number of thioether (sulfide) groups is 1. The lowest BCUT2D eigenvalue weighted by molar-refractivity contribution is -0.130. The number of ketones is 1. The normalized spacial score (nSPS) is 32.7. The second-order valence-corrected chi connectivity index (χ2v) is 8.53. The quantitative estimate of drug-likeness (QED) is 0.717. The predicted molar refractivity (Wildman–Crippen MR) is 91.9 cm³/mol. The van der Waals surface area contributed by atoms with E-state index >= 15 is 0 Å². The van der Waals surface area contributed by atoms with Crippen LogP contribution >= 0.6 is 11.8 Å². The van der Waals surface area contributed by atoms with Gasteiger partial charge in [0.2, 0.25) is 0 Å². The molecule has 120 valence electrons. The third-order valence-electron chi connectivity index (χ3n) is 6.12. The third-order valence-corrected chi connectivity index (χ3v) is 7.16. The molecule has 4 atom stereocenters. The summed E-state index contributed by atoms with van der Waals surface area (Å²) < 4.78 is 0. The summed E-state index contributed by atoms with van der Waals surface area (Å²) in [5.74, 6) is 3.53. The fourth-order valence-electron chi connectivity index (χ4n) is 4.90. The van der Waals surface area contributed by atoms with Gasteiger partial charge in [0, 0.05) is 29.6 Å². The summed E-state index contributed by atoms with van der Waals surface area (Å²) in [5, 5.41) is 0. The van der Waals surface area contributed by atoms with Gasteiger partial charge in [-0.15, -0.1) is 11.8 Å². The van der Waals surface area contributed by atoms with E-state index in [1.165, 1.54) is 24.2 Å². The summed E-state index contributed by atoms with van der Waals surface area (Å²) in [6.45, 7) is 4.81. The predicted octanol–water partition coefficient (Wildman–Crippen LogP) is 4.99. The Hall–Kier alpha value is -0.830. The third kappa shape index (κ3) is 3.10. The minimum absolute atomic E-state index is 0.288. The van der Waals surface area contributed by atoms with E-state index in [1.807, 2.05) is 24.2 Å². The standard InChI is InChI=1S/C19H27NOS/c1-14(9-13-22-15-7-11-20-12-8-15)16-5-6-17-18(21)4-3-10-19(16,17)2/h7-8,11-12,14,16-17H,3-6,9-10,13H2,1-2H3/t14-,16?,17+,19-/m1/s1. The molecule has 1 aromatic heterocycles. The Morgan fingerprint density at radius 1 is 1.36 bits per heavy atom. The molecule has 2 saturated carbocycles. The molecule has 1 aromatic rings. The first kappa shape index (κ1) is 16.0. The van der Waals surface area contributed by atoms with E-state index in [0.717, 1.165) is 36.9 Å². The molecule has 1 heterocycles. The highest BCUT2D eigenvalue weighted by molar-refractivity contribution is 7.99. The zero-order valence-electron chi connectivity index (χ0n) is 13.8. The van der Waals surface area contributed by atoms with Gasteiger partial charge in [-0.3, -0.25) is 9.78 Å². The average molecular weight is 317 g/mol. The first-order valence-electron chi connectivity index (χ1n) is 8.67. The van der Waals surface area contributed by atoms with E-state index in [9.17, 15) is 4.79 Å². The molecule has 0 radical (unpaired) electrons. The van der Waals surface area contributed by atoms with Gasteiger partial charge in [0.1, 0.15) is 5.78 Å². The fourth-order valence-corrected chi connectivity index (χ4v) is 5.94. The number of aromatic nitrogens is 1. The van der Waals surface area contributed by atoms with Gasteiger partial charge >= 0.3 is 0 Å². The molecule has 0 aromatic carbocycles. The van der Waals surface area contributed by atoms with Crippen molar-refractivity contribution in [1.29, 1.82) is 0 Å². The van der Waals surface area contributed by atoms with Crippen molar-refractivity contribution in [2.75, 3.05) is 5.75 Å². The monoisotopic (exact) mass is 317 g/mol. The summed E-state index contributed by atoms with van der Waals surface area (Å²) in [6, 6.07) is 4.17. The van der Waals surface area contributed by atoms with Crippen molar-refractivity contribution >= 4 is 17.5 Å². The van der Waals surface area contributed by atoms with Gasteiger partial charge in [0.15, 0.2) is 0 Å². The number of hydrogen-bond acceptors (Lipinski definition) is 3. The Kier molecular flexibility index (Phi) is 4.91. The first-order chi connectivity index (χ1) is 10.6. The summed E-state index contributed by atoms with van der Waals surface area (Å²) in [5.41, 5.74) is 0.288. The molecule has 1 unspecified atom stereocenters. The van der Waals surface area contributed by atoms with Crippen molar-refractivity contribution in [2.24, 2.45) is 23.2 Å². The van der Waals surface area contributed by atoms with Gasteiger partial charge in [-0.25, -0.2) is 0 Å². The molecule has 0 spiro atoms. The minimum atomic E-state index is 0.288. The Morgan fingerprint density at radius 2 is 2.14 bits per heavy atom. The molecule has 2 aliphatic rings. The molecule has 2 fully saturated rings. The number of rotatable bonds is 5. The SMILES string of the molecule is C[C@H](CCSc1ccncc1)C1CC[C@H]2C(=O)CCC[C@]12C. The van der Waals surface area contributed by atoms with Crippen LogP contribution in [0.15, 0.2) is 29.4 Å². The molecule has 2 nitrogen and oxygen atoms in total. The number of pyridine rings is 1. The Bertz CT molecular complexity index is 517. The molecule has 0 bridgehead atoms. The molecular formula is C19H27NOS. The highest BCUT2D eigenvalue weighted by Crippen LogP contribution is 2.57. The summed E-state index contributed by atoms with van der Waals surface area (Å²) in [6.07, 6.45) is 10.6. The van der Waals surface area contributed by atoms with Gasteiger partial charge < -0.3 is 0 Å². The lowest BCUT2D eigenvalue weighted by Crippen LogP contribution is -2.39. The molecule has 3 rings (SSSR count). The molecule has 0 N–H and O–H groups in total. The first-order valence-corrected chi connectivity index (χ1v) is 9.65. The number of fused-ring (bicyclic) bond motifs is 1. The van der Waals surface area contributed by atoms with Gasteiger partial charge in [-0.2, -0.15) is 0 Å². The number of carbonyl (C=O) groups excluding carboxylic acids is 1. The smallest absolute Gasteiger partial charge is 0.136 e. The van der Waals surface area contributed by atoms with Crippen molar-refractivity contribution in [3.8, 4) is 0 Å². The second kappa shape index (κ2) is 6.74. The topological polar surface area (TPSA) is 30.0 Å². The maximum Gasteiger partial charge on any atom is 0.136 e. The highest BCUT2D eigenvalue weighted by atomic mass is 32.2. The lowest BCUT2D eigenvalue weighted by Gasteiger charge is -2.42. The van der Waals surface area contributed by atoms with Crippen LogP contribution in [-0.2, 0) is 4.79 Å². The van der Waals surface area contributed by atoms with Gasteiger partial charge in [0.25, 0.3) is 0 Å². The van der Waals surface area contributed by atoms with Crippen molar-refractivity contribution in [3.05, 3.63) is 24.5 Å². The van der Waals surface area contributed by atoms with Crippen LogP contribution in [0, 0.1) is 23.2 Å². The van der Waals surface area contributed by atoms with Gasteiger partial charge in [-0.1, -0.05) is 13.8 Å². The van der Waals surface area contributed by atoms with Crippen LogP contribution in [0.25, 0.3) is 0 Å². The average Bonchev–Trinajstić information content (AvgIpc) is 2.87. The molecule has 0 amide bonds. The summed E-state index contributed by atoms with van der Waals surface area (Å²) in [4.78, 5) is 17.6. The zero-order valence-corrected chi connectivity index (χ0v) is 14.6. The summed E-state index contributed by atoms with van der Waals surface area (Å²) >= 11 is 1.93. The molecule has 0 saturated heterocycles. The Balaban J connectivity index is 1.56. The van der Waals surface area contributed by atoms with Crippen LogP contribution in [-0.4, -0.2) is 16.5 Å². The van der Waals surface area contributed by atoms with E-state index in [2.05, 4.69) is 31.0 Å². The van der Waals surface area contributed by atoms with Crippen molar-refractivity contribution < 1.29 is 4.79 Å². The maximum absolute atomic E-state index is 12.2. The van der Waals surface area contributed by atoms with Crippen molar-refractivity contribution in [2.45, 2.75) is 57.3 Å². The zero-order chi connectivity index (χ0) is 15.6. The molecule has 22 heavy (non-hydrogen) atoms. The van der Waals surface area contributed by atoms with Crippen LogP contribution < -0.4 is 0 Å². The molecular weight excluding hydrogens is 290 g/mol. The van der Waals surface area contributed by atoms with Crippen LogP contribution in [0.4, 0.5) is 0 Å². The van der Waals surface area contributed by atoms with Crippen LogP contribution in [0.2, 0.25) is 0 Å². The van der Waals surface area contributed by atoms with E-state index < -0.39 is 0 Å². The van der Waals surface area contributed by atoms with Crippen LogP contribution in [0.3, 0.4) is 0 Å². The van der Waals surface area contributed by atoms with Crippen molar-refractivity contribution in [1.82, 2.24) is 4.98 Å². The maximum atomic E-state index is 12.2. The fraction of sp³-hybridized carbons (Fsp3) is 0.684. The number of Topliss-reactive ketones (excluding diaryl/α,β-unsaturated/α-hetero) is 1. The summed E-state index contributed by atoms with van der Waals surface area (Å²) in [7, 11) is 0. The van der Waals surface area contributed by atoms with E-state index in [0.29, 0.717) is 11.7 Å². The van der Waals surface area contributed by atoms with Crippen LogP contribution in [0.1, 0.15) is 52.4 Å². The minimum Gasteiger partial charge on any atom is -0.299 e. The van der Waals surface area contributed by atoms with Gasteiger partial charge in [0.05, 0.1) is 0 Å². The Morgan fingerprint density at radius 3 is 2.91 bits per heavy atom. The number of nitrogens with zero attached hydrogens (tertiary/aromatic N) is 1. The molecule has 3 heteroatoms. The largest absolute Gasteiger partial charge is 0.299 e. The van der Waals surface area contributed by atoms with E-state index in [1.54, 1.807) is 0 Å². The molecule has 0 aliphatic heterocycles. The highest BCUT2D eigenvalue weighted by Gasteiger charge is 2.52. The van der Waals surface area contributed by atoms with E-state index in [4.69, 9.17) is 0 Å². The number of carbonyl (C=O) groups is 1. The second-order valence-electron chi connectivity index (χ2n) is 7.36. The van der Waals surface area contributed by atoms with Crippen molar-refractivity contribution in [3.63, 3.8) is 0 Å². The number of hydrogen-bond donors (Lipinski definition) is 0. The van der Waals surface area contributed by atoms with E-state index in [-0.39, 0.29) is 5.41 Å². The van der Waals surface area contributed by atoms with Gasteiger partial charge in [-0.05, 0) is 67.2 Å². The van der Waals surface area contributed by atoms with Crippen LogP contribution in [0.5, 0.6) is 0 Å². The molecule has 2 aliphatic carbocycles. The lowest BCUT2D eigenvalue weighted by atomic mass is 9.62.